The van der Waals surface area contributed by atoms with Crippen molar-refractivity contribution >= 4 is 51.2 Å². The third-order valence-electron chi connectivity index (χ3n) is 2.95. The SMILES string of the molecule is CC(=O)ON1C(=S)c2cccc3cccc(c23)C1=S. The van der Waals surface area contributed by atoms with Crippen LogP contribution in [0.1, 0.15) is 18.1 Å². The summed E-state index contributed by atoms with van der Waals surface area (Å²) in [5.74, 6) is -0.448. The van der Waals surface area contributed by atoms with Crippen molar-refractivity contribution in [3.8, 4) is 0 Å². The second kappa shape index (κ2) is 4.36. The second-order valence-electron chi connectivity index (χ2n) is 4.20. The van der Waals surface area contributed by atoms with Gasteiger partial charge in [-0.25, -0.2) is 4.79 Å². The van der Waals surface area contributed by atoms with Crippen molar-refractivity contribution in [1.82, 2.24) is 5.06 Å². The van der Waals surface area contributed by atoms with Crippen LogP contribution in [0.5, 0.6) is 0 Å². The summed E-state index contributed by atoms with van der Waals surface area (Å²) in [7, 11) is 0. The van der Waals surface area contributed by atoms with Crippen molar-refractivity contribution < 1.29 is 9.63 Å². The molecule has 2 aromatic carbocycles. The summed E-state index contributed by atoms with van der Waals surface area (Å²) in [4.78, 5) is 17.1. The van der Waals surface area contributed by atoms with E-state index in [1.807, 2.05) is 36.4 Å². The first-order valence-corrected chi connectivity index (χ1v) is 6.50. The molecule has 3 nitrogen and oxygen atoms in total. The van der Waals surface area contributed by atoms with Gasteiger partial charge in [0.25, 0.3) is 0 Å². The lowest BCUT2D eigenvalue weighted by Gasteiger charge is -2.29. The molecule has 0 unspecified atom stereocenters. The molecule has 0 saturated carbocycles. The summed E-state index contributed by atoms with van der Waals surface area (Å²) in [5, 5.41) is 3.34. The molecule has 0 aliphatic carbocycles. The predicted molar refractivity (Wildman–Crippen MR) is 81.0 cm³/mol. The molecule has 5 heteroatoms. The van der Waals surface area contributed by atoms with Crippen LogP contribution < -0.4 is 0 Å². The van der Waals surface area contributed by atoms with Gasteiger partial charge in [0.15, 0.2) is 9.98 Å². The van der Waals surface area contributed by atoms with E-state index in [9.17, 15) is 4.79 Å². The number of carbonyl (C=O) groups is 1. The summed E-state index contributed by atoms with van der Waals surface area (Å²) in [6, 6.07) is 11.7. The third-order valence-corrected chi connectivity index (χ3v) is 3.73. The van der Waals surface area contributed by atoms with E-state index in [0.717, 1.165) is 21.9 Å². The smallest absolute Gasteiger partial charge is 0.329 e. The van der Waals surface area contributed by atoms with Gasteiger partial charge >= 0.3 is 5.97 Å². The molecule has 0 saturated heterocycles. The maximum atomic E-state index is 11.2. The summed E-state index contributed by atoms with van der Waals surface area (Å²) < 4.78 is 0. The van der Waals surface area contributed by atoms with Gasteiger partial charge in [-0.1, -0.05) is 60.8 Å². The minimum atomic E-state index is -0.448. The van der Waals surface area contributed by atoms with Crippen LogP contribution in [-0.2, 0) is 9.63 Å². The Morgan fingerprint density at radius 1 is 1.05 bits per heavy atom. The van der Waals surface area contributed by atoms with E-state index in [0.29, 0.717) is 9.98 Å². The van der Waals surface area contributed by atoms with Crippen LogP contribution in [-0.4, -0.2) is 21.0 Å². The maximum absolute atomic E-state index is 11.2. The van der Waals surface area contributed by atoms with Gasteiger partial charge in [-0.3, -0.25) is 0 Å². The van der Waals surface area contributed by atoms with Crippen LogP contribution in [0.15, 0.2) is 36.4 Å². The van der Waals surface area contributed by atoms with Crippen molar-refractivity contribution in [2.24, 2.45) is 0 Å². The van der Waals surface area contributed by atoms with Crippen molar-refractivity contribution in [3.05, 3.63) is 47.5 Å². The van der Waals surface area contributed by atoms with E-state index in [-0.39, 0.29) is 0 Å². The average Bonchev–Trinajstić information content (AvgIpc) is 2.40. The van der Waals surface area contributed by atoms with E-state index in [1.165, 1.54) is 12.0 Å². The maximum Gasteiger partial charge on any atom is 0.329 e. The summed E-state index contributed by atoms with van der Waals surface area (Å²) in [5.41, 5.74) is 1.72. The number of hydroxylamine groups is 2. The van der Waals surface area contributed by atoms with Gasteiger partial charge in [0.1, 0.15) is 0 Å². The number of carbonyl (C=O) groups excluding carboxylic acids is 1. The highest BCUT2D eigenvalue weighted by Gasteiger charge is 2.29. The summed E-state index contributed by atoms with van der Waals surface area (Å²) >= 11 is 10.7. The van der Waals surface area contributed by atoms with Crippen molar-refractivity contribution in [2.75, 3.05) is 0 Å². The minimum absolute atomic E-state index is 0.421. The average molecular weight is 287 g/mol. The first-order chi connectivity index (χ1) is 9.09. The normalized spacial score (nSPS) is 13.8. The molecule has 0 spiro atoms. The Hall–Kier alpha value is -1.85. The van der Waals surface area contributed by atoms with E-state index in [1.54, 1.807) is 0 Å². The molecule has 0 amide bonds. The van der Waals surface area contributed by atoms with Gasteiger partial charge in [-0.2, -0.15) is 5.06 Å². The van der Waals surface area contributed by atoms with Crippen LogP contribution in [0.3, 0.4) is 0 Å². The molecule has 0 bridgehead atoms. The second-order valence-corrected chi connectivity index (χ2v) is 4.97. The molecule has 1 heterocycles. The standard InChI is InChI=1S/C14H9NO2S2/c1-8(16)17-15-13(18)10-6-2-4-9-5-3-7-11(12(9)10)14(15)19/h2-7H,1H3. The number of nitrogens with zero attached hydrogens (tertiary/aromatic N) is 1. The fourth-order valence-electron chi connectivity index (χ4n) is 2.22. The Morgan fingerprint density at radius 2 is 1.58 bits per heavy atom. The Morgan fingerprint density at radius 3 is 2.05 bits per heavy atom. The van der Waals surface area contributed by atoms with E-state index in [2.05, 4.69) is 0 Å². The number of hydrogen-bond acceptors (Lipinski definition) is 4. The van der Waals surface area contributed by atoms with Gasteiger partial charge in [0.2, 0.25) is 0 Å². The number of thiocarbonyl (C=S) groups is 2. The fraction of sp³-hybridized carbons (Fsp3) is 0.0714. The van der Waals surface area contributed by atoms with Crippen LogP contribution in [0.4, 0.5) is 0 Å². The molecule has 19 heavy (non-hydrogen) atoms. The van der Waals surface area contributed by atoms with Crippen molar-refractivity contribution in [1.29, 1.82) is 0 Å². The molecule has 0 fully saturated rings. The minimum Gasteiger partial charge on any atom is -0.335 e. The molecule has 2 aromatic rings. The van der Waals surface area contributed by atoms with Crippen LogP contribution >= 0.6 is 24.4 Å². The lowest BCUT2D eigenvalue weighted by molar-refractivity contribution is -0.158. The van der Waals surface area contributed by atoms with Gasteiger partial charge in [0.05, 0.1) is 0 Å². The Bertz CT molecular complexity index is 689. The van der Waals surface area contributed by atoms with E-state index in [4.69, 9.17) is 29.3 Å². The molecule has 1 aliphatic rings. The zero-order valence-corrected chi connectivity index (χ0v) is 11.7. The zero-order valence-electron chi connectivity index (χ0n) is 10.0. The monoisotopic (exact) mass is 287 g/mol. The van der Waals surface area contributed by atoms with Crippen molar-refractivity contribution in [2.45, 2.75) is 6.92 Å². The topological polar surface area (TPSA) is 29.5 Å². The largest absolute Gasteiger partial charge is 0.335 e. The first kappa shape index (κ1) is 12.2. The van der Waals surface area contributed by atoms with Crippen LogP contribution in [0.25, 0.3) is 10.8 Å². The number of rotatable bonds is 1. The molecule has 0 atom stereocenters. The van der Waals surface area contributed by atoms with Crippen LogP contribution in [0.2, 0.25) is 0 Å². The summed E-state index contributed by atoms with van der Waals surface area (Å²) in [6.07, 6.45) is 0. The molecule has 0 radical (unpaired) electrons. The predicted octanol–water partition coefficient (Wildman–Crippen LogP) is 2.98. The molecule has 94 valence electrons. The van der Waals surface area contributed by atoms with Gasteiger partial charge in [-0.05, 0) is 5.39 Å². The zero-order chi connectivity index (χ0) is 13.6. The lowest BCUT2D eigenvalue weighted by Crippen LogP contribution is -2.40. The number of hydrogen-bond donors (Lipinski definition) is 0. The first-order valence-electron chi connectivity index (χ1n) is 5.68. The molecule has 3 rings (SSSR count). The van der Waals surface area contributed by atoms with Crippen molar-refractivity contribution in [3.63, 3.8) is 0 Å². The molecule has 0 N–H and O–H groups in total. The highest BCUT2D eigenvalue weighted by molar-refractivity contribution is 7.82. The number of benzene rings is 2. The Balaban J connectivity index is 2.28. The molecule has 0 aromatic heterocycles. The van der Waals surface area contributed by atoms with Crippen LogP contribution in [0, 0.1) is 0 Å². The fourth-order valence-corrected chi connectivity index (χ4v) is 2.88. The summed E-state index contributed by atoms with van der Waals surface area (Å²) in [6.45, 7) is 1.33. The van der Waals surface area contributed by atoms with E-state index >= 15 is 0 Å². The lowest BCUT2D eigenvalue weighted by atomic mass is 9.96. The van der Waals surface area contributed by atoms with E-state index < -0.39 is 5.97 Å². The Labute approximate surface area is 120 Å². The Kier molecular flexibility index (Phi) is 2.80. The van der Waals surface area contributed by atoms with Gasteiger partial charge in [0, 0.05) is 23.4 Å². The molecule has 1 aliphatic heterocycles. The highest BCUT2D eigenvalue weighted by Crippen LogP contribution is 2.31. The highest BCUT2D eigenvalue weighted by atomic mass is 32.1. The van der Waals surface area contributed by atoms with Gasteiger partial charge < -0.3 is 4.84 Å². The quantitative estimate of drug-likeness (QED) is 0.752. The van der Waals surface area contributed by atoms with Gasteiger partial charge in [-0.15, -0.1) is 0 Å². The molecular formula is C14H9NO2S2. The third kappa shape index (κ3) is 1.82. The molecular weight excluding hydrogens is 278 g/mol.